The number of anilines is 1. The van der Waals surface area contributed by atoms with Crippen molar-refractivity contribution in [1.82, 2.24) is 4.98 Å². The van der Waals surface area contributed by atoms with Crippen LogP contribution in [0.1, 0.15) is 6.92 Å². The summed E-state index contributed by atoms with van der Waals surface area (Å²) >= 11 is 3.40. The normalized spacial score (nSPS) is 11.0. The molecule has 0 aliphatic carbocycles. The Kier molecular flexibility index (Phi) is 8.08. The summed E-state index contributed by atoms with van der Waals surface area (Å²) in [5.41, 5.74) is 0.908. The summed E-state index contributed by atoms with van der Waals surface area (Å²) in [7, 11) is 0. The fourth-order valence-electron chi connectivity index (χ4n) is 1.68. The van der Waals surface area contributed by atoms with Gasteiger partial charge in [0.15, 0.2) is 0 Å². The zero-order valence-electron chi connectivity index (χ0n) is 12.6. The maximum Gasteiger partial charge on any atom is 0.233 e. The van der Waals surface area contributed by atoms with Gasteiger partial charge in [-0.2, -0.15) is 0 Å². The van der Waals surface area contributed by atoms with Crippen molar-refractivity contribution in [2.24, 2.45) is 4.99 Å². The largest absolute Gasteiger partial charge is 0.438 e. The van der Waals surface area contributed by atoms with Gasteiger partial charge in [-0.25, -0.2) is 9.98 Å². The summed E-state index contributed by atoms with van der Waals surface area (Å²) < 4.78 is 6.53. The Morgan fingerprint density at radius 2 is 2.04 bits per heavy atom. The zero-order chi connectivity index (χ0) is 15.8. The van der Waals surface area contributed by atoms with E-state index < -0.39 is 0 Å². The van der Waals surface area contributed by atoms with Crippen molar-refractivity contribution in [3.05, 3.63) is 71.6 Å². The molecule has 2 rings (SSSR count). The maximum atomic E-state index is 5.72. The molecule has 0 saturated heterocycles. The van der Waals surface area contributed by atoms with Gasteiger partial charge < -0.3 is 10.1 Å². The molecule has 4 nitrogen and oxygen atoms in total. The van der Waals surface area contributed by atoms with Gasteiger partial charge in [0.2, 0.25) is 5.88 Å². The van der Waals surface area contributed by atoms with Crippen LogP contribution in [-0.4, -0.2) is 11.2 Å². The third-order valence-electron chi connectivity index (χ3n) is 2.61. The molecule has 0 atom stereocenters. The van der Waals surface area contributed by atoms with Gasteiger partial charge in [-0.05, 0) is 65.3 Å². The number of halogens is 2. The van der Waals surface area contributed by atoms with E-state index in [1.54, 1.807) is 24.6 Å². The minimum atomic E-state index is 0. The number of hydrogen-bond acceptors (Lipinski definition) is 4. The Morgan fingerprint density at radius 1 is 1.30 bits per heavy atom. The Bertz CT molecular complexity index is 699. The number of nitrogens with one attached hydrogen (secondary N) is 1. The minimum Gasteiger partial charge on any atom is -0.438 e. The monoisotopic (exact) mass is 393 g/mol. The molecule has 23 heavy (non-hydrogen) atoms. The van der Waals surface area contributed by atoms with Gasteiger partial charge in [0.05, 0.1) is 4.47 Å². The zero-order valence-corrected chi connectivity index (χ0v) is 15.0. The number of pyridine rings is 1. The van der Waals surface area contributed by atoms with E-state index in [2.05, 4.69) is 37.8 Å². The lowest BCUT2D eigenvalue weighted by molar-refractivity contribution is 0.460. The number of aliphatic imine (C=N–C) groups is 1. The lowest BCUT2D eigenvalue weighted by Crippen LogP contribution is -1.97. The molecule has 1 aromatic heterocycles. The topological polar surface area (TPSA) is 46.5 Å². The van der Waals surface area contributed by atoms with Crippen LogP contribution in [0.4, 0.5) is 5.69 Å². The first-order valence-corrected chi connectivity index (χ1v) is 7.49. The number of nitrogens with zero attached hydrogens (tertiary/aromatic N) is 2. The highest BCUT2D eigenvalue weighted by Gasteiger charge is 2.03. The number of rotatable bonds is 6. The predicted molar refractivity (Wildman–Crippen MR) is 102 cm³/mol. The van der Waals surface area contributed by atoms with Crippen LogP contribution in [0.3, 0.4) is 0 Å². The van der Waals surface area contributed by atoms with Gasteiger partial charge in [0.1, 0.15) is 11.6 Å². The molecule has 0 spiro atoms. The highest BCUT2D eigenvalue weighted by Crippen LogP contribution is 2.27. The van der Waals surface area contributed by atoms with Crippen LogP contribution in [0.5, 0.6) is 11.6 Å². The van der Waals surface area contributed by atoms with E-state index in [1.165, 1.54) is 0 Å². The Labute approximate surface area is 150 Å². The second kappa shape index (κ2) is 9.82. The summed E-state index contributed by atoms with van der Waals surface area (Å²) in [6, 6.07) is 11.3. The molecule has 0 saturated carbocycles. The van der Waals surface area contributed by atoms with Crippen molar-refractivity contribution in [1.29, 1.82) is 0 Å². The van der Waals surface area contributed by atoms with Gasteiger partial charge in [-0.15, -0.1) is 12.4 Å². The summed E-state index contributed by atoms with van der Waals surface area (Å²) in [5.74, 6) is 1.96. The number of ether oxygens (including phenoxy) is 1. The first kappa shape index (κ1) is 18.9. The SMILES string of the molecule is C=C/C=C(\N=C/C)Nc1ccc(Oc2ncccc2Br)cc1.Cl. The summed E-state index contributed by atoms with van der Waals surface area (Å²) in [4.78, 5) is 8.39. The maximum absolute atomic E-state index is 5.72. The van der Waals surface area contributed by atoms with E-state index in [0.717, 1.165) is 16.0 Å². The van der Waals surface area contributed by atoms with E-state index in [4.69, 9.17) is 4.74 Å². The second-order valence-electron chi connectivity index (χ2n) is 4.22. The average Bonchev–Trinajstić information content (AvgIpc) is 2.52. The lowest BCUT2D eigenvalue weighted by Gasteiger charge is -2.09. The van der Waals surface area contributed by atoms with E-state index in [-0.39, 0.29) is 12.4 Å². The van der Waals surface area contributed by atoms with Gasteiger partial charge in [-0.3, -0.25) is 0 Å². The molecular weight excluding hydrogens is 378 g/mol. The highest BCUT2D eigenvalue weighted by atomic mass is 79.9. The first-order valence-electron chi connectivity index (χ1n) is 6.70. The fourth-order valence-corrected chi connectivity index (χ4v) is 2.02. The number of allylic oxidation sites excluding steroid dienone is 2. The van der Waals surface area contributed by atoms with E-state index in [1.807, 2.05) is 43.3 Å². The molecule has 1 heterocycles. The van der Waals surface area contributed by atoms with Gasteiger partial charge >= 0.3 is 0 Å². The molecule has 0 aliphatic heterocycles. The van der Waals surface area contributed by atoms with Gasteiger partial charge in [-0.1, -0.05) is 12.7 Å². The number of hydrogen-bond donors (Lipinski definition) is 1. The summed E-state index contributed by atoms with van der Waals surface area (Å²) in [6.45, 7) is 5.53. The van der Waals surface area contributed by atoms with Crippen LogP contribution < -0.4 is 10.1 Å². The van der Waals surface area contributed by atoms with Crippen molar-refractivity contribution >= 4 is 40.2 Å². The first-order chi connectivity index (χ1) is 10.7. The molecule has 0 fully saturated rings. The fraction of sp³-hybridized carbons (Fsp3) is 0.0588. The van der Waals surface area contributed by atoms with E-state index in [9.17, 15) is 0 Å². The molecule has 2 aromatic rings. The molecule has 1 aromatic carbocycles. The molecular formula is C17H17BrClN3O. The second-order valence-corrected chi connectivity index (χ2v) is 5.07. The van der Waals surface area contributed by atoms with E-state index in [0.29, 0.717) is 11.6 Å². The van der Waals surface area contributed by atoms with Crippen molar-refractivity contribution in [2.45, 2.75) is 6.92 Å². The highest BCUT2D eigenvalue weighted by molar-refractivity contribution is 9.10. The van der Waals surface area contributed by atoms with Crippen molar-refractivity contribution in [3.63, 3.8) is 0 Å². The lowest BCUT2D eigenvalue weighted by atomic mass is 10.3. The molecule has 1 N–H and O–H groups in total. The number of benzene rings is 1. The molecule has 0 bridgehead atoms. The quantitative estimate of drug-likeness (QED) is 0.513. The van der Waals surface area contributed by atoms with E-state index >= 15 is 0 Å². The Hall–Kier alpha value is -2.11. The molecule has 0 radical (unpaired) electrons. The third-order valence-corrected chi connectivity index (χ3v) is 3.21. The van der Waals surface area contributed by atoms with Crippen LogP contribution in [0, 0.1) is 0 Å². The van der Waals surface area contributed by atoms with Crippen molar-refractivity contribution in [3.8, 4) is 11.6 Å². The van der Waals surface area contributed by atoms with Crippen LogP contribution in [-0.2, 0) is 0 Å². The van der Waals surface area contributed by atoms with Gasteiger partial charge in [0.25, 0.3) is 0 Å². The Balaban J connectivity index is 0.00000264. The minimum absolute atomic E-state index is 0. The standard InChI is InChI=1S/C17H16BrN3O.ClH/c1-3-6-16(19-4-2)21-13-8-10-14(11-9-13)22-17-15(18)7-5-12-20-17;/h3-12,21H,1H2,2H3;1H/b16-6+,19-4-;. The molecule has 0 unspecified atom stereocenters. The smallest absolute Gasteiger partial charge is 0.233 e. The van der Waals surface area contributed by atoms with Gasteiger partial charge in [0, 0.05) is 18.1 Å². The molecule has 0 aliphatic rings. The summed E-state index contributed by atoms with van der Waals surface area (Å²) in [5, 5.41) is 3.19. The number of aromatic nitrogens is 1. The van der Waals surface area contributed by atoms with Crippen molar-refractivity contribution in [2.75, 3.05) is 5.32 Å². The third kappa shape index (κ3) is 5.88. The average molecular weight is 395 g/mol. The Morgan fingerprint density at radius 3 is 2.65 bits per heavy atom. The molecule has 6 heteroatoms. The van der Waals surface area contributed by atoms with Crippen LogP contribution >= 0.6 is 28.3 Å². The predicted octanol–water partition coefficient (Wildman–Crippen LogP) is 5.59. The van der Waals surface area contributed by atoms with Crippen LogP contribution in [0.2, 0.25) is 0 Å². The van der Waals surface area contributed by atoms with Crippen LogP contribution in [0.15, 0.2) is 76.6 Å². The molecule has 120 valence electrons. The molecule has 0 amide bonds. The van der Waals surface area contributed by atoms with Crippen molar-refractivity contribution < 1.29 is 4.74 Å². The van der Waals surface area contributed by atoms with Crippen LogP contribution in [0.25, 0.3) is 0 Å². The summed E-state index contributed by atoms with van der Waals surface area (Å²) in [6.07, 6.45) is 6.89.